The number of nitrogens with zero attached hydrogens (tertiary/aromatic N) is 2. The van der Waals surface area contributed by atoms with Gasteiger partial charge in [-0.2, -0.15) is 0 Å². The molecule has 2 heterocycles. The Morgan fingerprint density at radius 2 is 1.45 bits per heavy atom. The fourth-order valence-corrected chi connectivity index (χ4v) is 6.41. The summed E-state index contributed by atoms with van der Waals surface area (Å²) in [7, 11) is 0. The second-order valence-corrected chi connectivity index (χ2v) is 11.6. The van der Waals surface area contributed by atoms with Crippen LogP contribution in [0.3, 0.4) is 0 Å². The number of benzene rings is 3. The Morgan fingerprint density at radius 3 is 2.08 bits per heavy atom. The number of carbonyl (C=O) groups excluding carboxylic acids is 1. The molecule has 0 spiro atoms. The second-order valence-electron chi connectivity index (χ2n) is 10.8. The van der Waals surface area contributed by atoms with Crippen molar-refractivity contribution >= 4 is 29.1 Å². The maximum Gasteiger partial charge on any atom is 0.253 e. The summed E-state index contributed by atoms with van der Waals surface area (Å²) < 4.78 is 0. The van der Waals surface area contributed by atoms with Gasteiger partial charge in [-0.05, 0) is 79.6 Å². The molecule has 0 N–H and O–H groups in total. The van der Waals surface area contributed by atoms with E-state index in [0.29, 0.717) is 16.6 Å². The van der Waals surface area contributed by atoms with Crippen LogP contribution < -0.4 is 0 Å². The van der Waals surface area contributed by atoms with Gasteiger partial charge in [0.15, 0.2) is 0 Å². The summed E-state index contributed by atoms with van der Waals surface area (Å²) in [6.07, 6.45) is 4.24. The third-order valence-electron chi connectivity index (χ3n) is 8.37. The molecule has 2 saturated heterocycles. The van der Waals surface area contributed by atoms with Crippen LogP contribution in [0.2, 0.25) is 10.0 Å². The largest absolute Gasteiger partial charge is 0.338 e. The second kappa shape index (κ2) is 12.5. The van der Waals surface area contributed by atoms with Gasteiger partial charge in [0.2, 0.25) is 0 Å². The molecule has 5 rings (SSSR count). The Morgan fingerprint density at radius 1 is 0.816 bits per heavy atom. The van der Waals surface area contributed by atoms with Crippen LogP contribution in [-0.2, 0) is 10.8 Å². The van der Waals surface area contributed by atoms with Gasteiger partial charge in [-0.25, -0.2) is 0 Å². The smallest absolute Gasteiger partial charge is 0.253 e. The third kappa shape index (κ3) is 6.17. The SMILES string of the molecule is C=C.CC1(c2ccccc2)CCN(CC2(c3ccc(Cl)c(Cl)c3)CCCN(C(=O)c3ccccc3)C2)CC1. The van der Waals surface area contributed by atoms with E-state index in [0.717, 1.165) is 57.4 Å². The summed E-state index contributed by atoms with van der Waals surface area (Å²) in [5.41, 5.74) is 3.38. The zero-order valence-corrected chi connectivity index (χ0v) is 23.9. The Bertz CT molecular complexity index is 1210. The number of carbonyl (C=O) groups is 1. The van der Waals surface area contributed by atoms with Gasteiger partial charge in [0.1, 0.15) is 0 Å². The zero-order valence-electron chi connectivity index (χ0n) is 22.3. The Hall–Kier alpha value is -2.59. The van der Waals surface area contributed by atoms with Gasteiger partial charge in [0, 0.05) is 30.6 Å². The lowest BCUT2D eigenvalue weighted by molar-refractivity contribution is 0.0537. The number of piperidine rings is 2. The highest BCUT2D eigenvalue weighted by Crippen LogP contribution is 2.41. The Labute approximate surface area is 238 Å². The van der Waals surface area contributed by atoms with Crippen LogP contribution in [0.4, 0.5) is 0 Å². The molecule has 0 radical (unpaired) electrons. The van der Waals surface area contributed by atoms with Crippen molar-refractivity contribution in [2.24, 2.45) is 0 Å². The van der Waals surface area contributed by atoms with E-state index in [1.807, 2.05) is 47.4 Å². The van der Waals surface area contributed by atoms with Crippen molar-refractivity contribution in [1.29, 1.82) is 0 Å². The van der Waals surface area contributed by atoms with Gasteiger partial charge >= 0.3 is 0 Å². The van der Waals surface area contributed by atoms with Gasteiger partial charge in [0.05, 0.1) is 10.0 Å². The first-order chi connectivity index (χ1) is 18.4. The average molecular weight is 550 g/mol. The average Bonchev–Trinajstić information content (AvgIpc) is 2.97. The van der Waals surface area contributed by atoms with Crippen LogP contribution in [0, 0.1) is 0 Å². The molecule has 1 unspecified atom stereocenters. The molecule has 2 aliphatic rings. The van der Waals surface area contributed by atoms with Crippen molar-refractivity contribution in [3.63, 3.8) is 0 Å². The van der Waals surface area contributed by atoms with Gasteiger partial charge in [0.25, 0.3) is 5.91 Å². The molecule has 0 aliphatic carbocycles. The molecule has 0 aromatic heterocycles. The Kier molecular flexibility index (Phi) is 9.36. The van der Waals surface area contributed by atoms with E-state index in [1.165, 1.54) is 11.1 Å². The minimum Gasteiger partial charge on any atom is -0.338 e. The maximum absolute atomic E-state index is 13.4. The first-order valence-electron chi connectivity index (χ1n) is 13.5. The van der Waals surface area contributed by atoms with Crippen LogP contribution in [0.25, 0.3) is 0 Å². The molecule has 200 valence electrons. The van der Waals surface area contributed by atoms with Gasteiger partial charge in [-0.1, -0.05) is 84.7 Å². The maximum atomic E-state index is 13.4. The molecule has 2 aliphatic heterocycles. The normalized spacial score (nSPS) is 21.3. The van der Waals surface area contributed by atoms with Crippen molar-refractivity contribution in [3.8, 4) is 0 Å². The number of likely N-dealkylation sites (tertiary alicyclic amines) is 2. The lowest BCUT2D eigenvalue weighted by atomic mass is 9.71. The highest BCUT2D eigenvalue weighted by Gasteiger charge is 2.42. The number of halogens is 2. The van der Waals surface area contributed by atoms with E-state index in [2.05, 4.69) is 61.4 Å². The molecular weight excluding hydrogens is 511 g/mol. The number of amides is 1. The number of hydrogen-bond donors (Lipinski definition) is 0. The molecule has 0 saturated carbocycles. The van der Waals surface area contributed by atoms with E-state index in [4.69, 9.17) is 23.2 Å². The fourth-order valence-electron chi connectivity index (χ4n) is 6.11. The third-order valence-corrected chi connectivity index (χ3v) is 9.11. The standard InChI is InChI=1S/C31H34Cl2N2O.C2H4/c1-30(25-11-6-3-7-12-25)16-19-34(20-17-30)22-31(26-13-14-27(32)28(33)21-26)15-8-18-35(23-31)29(36)24-9-4-2-5-10-24;1-2/h2-7,9-14,21H,8,15-20,22-23H2,1H3;1-2H2. The number of hydrogen-bond acceptors (Lipinski definition) is 2. The summed E-state index contributed by atoms with van der Waals surface area (Å²) in [5.74, 6) is 0.107. The topological polar surface area (TPSA) is 23.6 Å². The summed E-state index contributed by atoms with van der Waals surface area (Å²) in [4.78, 5) is 18.1. The molecule has 1 amide bonds. The molecule has 3 nitrogen and oxygen atoms in total. The van der Waals surface area contributed by atoms with E-state index in [9.17, 15) is 4.79 Å². The van der Waals surface area contributed by atoms with Crippen molar-refractivity contribution in [2.75, 3.05) is 32.7 Å². The van der Waals surface area contributed by atoms with Gasteiger partial charge in [-0.15, -0.1) is 13.2 Å². The van der Waals surface area contributed by atoms with Crippen molar-refractivity contribution in [2.45, 2.75) is 43.4 Å². The first kappa shape index (κ1) is 28.4. The van der Waals surface area contributed by atoms with E-state index >= 15 is 0 Å². The van der Waals surface area contributed by atoms with Crippen molar-refractivity contribution < 1.29 is 4.79 Å². The lowest BCUT2D eigenvalue weighted by Crippen LogP contribution is -2.55. The molecule has 3 aromatic rings. The van der Waals surface area contributed by atoms with E-state index in [-0.39, 0.29) is 16.7 Å². The predicted molar refractivity (Wildman–Crippen MR) is 160 cm³/mol. The van der Waals surface area contributed by atoms with Crippen LogP contribution in [0.1, 0.15) is 54.1 Å². The fraction of sp³-hybridized carbons (Fsp3) is 0.364. The molecule has 1 atom stereocenters. The zero-order chi connectivity index (χ0) is 27.2. The summed E-state index contributed by atoms with van der Waals surface area (Å²) in [6, 6.07) is 26.6. The molecule has 5 heteroatoms. The van der Waals surface area contributed by atoms with Crippen LogP contribution >= 0.6 is 23.2 Å². The molecule has 0 bridgehead atoms. The van der Waals surface area contributed by atoms with Gasteiger partial charge in [-0.3, -0.25) is 4.79 Å². The monoisotopic (exact) mass is 548 g/mol. The Balaban J connectivity index is 0.00000164. The van der Waals surface area contributed by atoms with E-state index < -0.39 is 0 Å². The van der Waals surface area contributed by atoms with Crippen LogP contribution in [-0.4, -0.2) is 48.4 Å². The number of rotatable bonds is 5. The summed E-state index contributed by atoms with van der Waals surface area (Å²) in [6.45, 7) is 12.9. The first-order valence-corrected chi connectivity index (χ1v) is 14.2. The highest BCUT2D eigenvalue weighted by atomic mass is 35.5. The molecule has 2 fully saturated rings. The predicted octanol–water partition coefficient (Wildman–Crippen LogP) is 8.02. The lowest BCUT2D eigenvalue weighted by Gasteiger charge is -2.48. The summed E-state index contributed by atoms with van der Waals surface area (Å²) >= 11 is 12.8. The molecule has 38 heavy (non-hydrogen) atoms. The molecule has 3 aromatic carbocycles. The summed E-state index contributed by atoms with van der Waals surface area (Å²) in [5, 5.41) is 1.15. The minimum atomic E-state index is -0.183. The van der Waals surface area contributed by atoms with Crippen LogP contribution in [0.15, 0.2) is 92.0 Å². The minimum absolute atomic E-state index is 0.107. The van der Waals surface area contributed by atoms with Crippen molar-refractivity contribution in [1.82, 2.24) is 9.80 Å². The van der Waals surface area contributed by atoms with Crippen LogP contribution in [0.5, 0.6) is 0 Å². The molecular formula is C33H38Cl2N2O. The van der Waals surface area contributed by atoms with Gasteiger partial charge < -0.3 is 9.80 Å². The van der Waals surface area contributed by atoms with E-state index in [1.54, 1.807) is 0 Å². The quantitative estimate of drug-likeness (QED) is 0.301. The highest BCUT2D eigenvalue weighted by molar-refractivity contribution is 6.42. The van der Waals surface area contributed by atoms with Crippen molar-refractivity contribution in [3.05, 3.63) is 119 Å².